The Labute approximate surface area is 139 Å². The fourth-order valence-corrected chi connectivity index (χ4v) is 2.79. The first kappa shape index (κ1) is 16.0. The second-order valence-electron chi connectivity index (χ2n) is 5.71. The van der Waals surface area contributed by atoms with Crippen molar-refractivity contribution >= 4 is 17.6 Å². The molecule has 1 aliphatic heterocycles. The summed E-state index contributed by atoms with van der Waals surface area (Å²) in [7, 11) is 1.71. The van der Waals surface area contributed by atoms with Gasteiger partial charge in [0.2, 0.25) is 0 Å². The van der Waals surface area contributed by atoms with Crippen LogP contribution in [-0.2, 0) is 17.8 Å². The highest BCUT2D eigenvalue weighted by molar-refractivity contribution is 6.04. The smallest absolute Gasteiger partial charge is 0.341 e. The van der Waals surface area contributed by atoms with Crippen LogP contribution in [0.5, 0.6) is 5.75 Å². The quantitative estimate of drug-likeness (QED) is 0.906. The monoisotopic (exact) mass is 329 g/mol. The highest BCUT2D eigenvalue weighted by Crippen LogP contribution is 2.22. The molecular weight excluding hydrogens is 310 g/mol. The minimum absolute atomic E-state index is 0.116. The summed E-state index contributed by atoms with van der Waals surface area (Å²) in [6.45, 7) is 0.433. The van der Waals surface area contributed by atoms with Crippen LogP contribution in [0.4, 0.5) is 5.69 Å². The van der Waals surface area contributed by atoms with Gasteiger partial charge in [0.15, 0.2) is 6.61 Å². The summed E-state index contributed by atoms with van der Waals surface area (Å²) in [4.78, 5) is 29.1. The number of carboxylic acids is 1. The van der Waals surface area contributed by atoms with E-state index in [9.17, 15) is 9.59 Å². The molecule has 1 amide bonds. The van der Waals surface area contributed by atoms with Crippen molar-refractivity contribution in [2.45, 2.75) is 25.8 Å². The molecule has 126 valence electrons. The van der Waals surface area contributed by atoms with E-state index in [4.69, 9.17) is 9.84 Å². The van der Waals surface area contributed by atoms with E-state index in [1.165, 1.54) is 0 Å². The molecule has 2 heterocycles. The van der Waals surface area contributed by atoms with Crippen LogP contribution in [0.15, 0.2) is 30.5 Å². The van der Waals surface area contributed by atoms with Gasteiger partial charge >= 0.3 is 5.97 Å². The molecule has 7 nitrogen and oxygen atoms in total. The Morgan fingerprint density at radius 1 is 1.29 bits per heavy atom. The van der Waals surface area contributed by atoms with Gasteiger partial charge in [-0.05, 0) is 37.1 Å². The third-order valence-corrected chi connectivity index (χ3v) is 4.08. The number of fused-ring (bicyclic) bond motifs is 1. The maximum Gasteiger partial charge on any atom is 0.341 e. The van der Waals surface area contributed by atoms with Crippen molar-refractivity contribution in [2.75, 3.05) is 18.6 Å². The lowest BCUT2D eigenvalue weighted by molar-refractivity contribution is -0.139. The van der Waals surface area contributed by atoms with Crippen LogP contribution in [-0.4, -0.2) is 40.2 Å². The number of aryl methyl sites for hydroxylation is 1. The molecule has 1 aromatic carbocycles. The van der Waals surface area contributed by atoms with Gasteiger partial charge in [0, 0.05) is 25.7 Å². The van der Waals surface area contributed by atoms with Crippen LogP contribution in [0.3, 0.4) is 0 Å². The topological polar surface area (TPSA) is 84.7 Å². The molecule has 0 aliphatic carbocycles. The molecule has 3 rings (SSSR count). The van der Waals surface area contributed by atoms with Gasteiger partial charge in [-0.3, -0.25) is 4.79 Å². The van der Waals surface area contributed by atoms with Crippen LogP contribution in [0, 0.1) is 0 Å². The number of ether oxygens (including phenoxy) is 1. The Bertz CT molecular complexity index is 752. The fraction of sp³-hybridized carbons (Fsp3) is 0.353. The summed E-state index contributed by atoms with van der Waals surface area (Å²) in [6, 6.07) is 6.74. The molecule has 0 fully saturated rings. The van der Waals surface area contributed by atoms with Crippen molar-refractivity contribution in [3.8, 4) is 5.75 Å². The zero-order chi connectivity index (χ0) is 17.1. The summed E-state index contributed by atoms with van der Waals surface area (Å²) in [5, 5.41) is 8.61. The normalized spacial score (nSPS) is 13.2. The van der Waals surface area contributed by atoms with Gasteiger partial charge in [-0.15, -0.1) is 0 Å². The van der Waals surface area contributed by atoms with Crippen molar-refractivity contribution in [1.29, 1.82) is 0 Å². The molecule has 0 spiro atoms. The summed E-state index contributed by atoms with van der Waals surface area (Å²) < 4.78 is 7.08. The second-order valence-corrected chi connectivity index (χ2v) is 5.71. The van der Waals surface area contributed by atoms with E-state index in [1.54, 1.807) is 42.4 Å². The fourth-order valence-electron chi connectivity index (χ4n) is 2.79. The Kier molecular flexibility index (Phi) is 4.50. The van der Waals surface area contributed by atoms with Crippen molar-refractivity contribution in [2.24, 2.45) is 0 Å². The lowest BCUT2D eigenvalue weighted by atomic mass is 10.1. The highest BCUT2D eigenvalue weighted by atomic mass is 16.5. The number of rotatable bonds is 5. The van der Waals surface area contributed by atoms with Crippen molar-refractivity contribution in [3.05, 3.63) is 42.0 Å². The zero-order valence-corrected chi connectivity index (χ0v) is 13.4. The first-order chi connectivity index (χ1) is 11.6. The summed E-state index contributed by atoms with van der Waals surface area (Å²) in [5.74, 6) is 0.269. The molecule has 1 aliphatic rings. The first-order valence-electron chi connectivity index (χ1n) is 7.83. The average Bonchev–Trinajstić information content (AvgIpc) is 3.03. The van der Waals surface area contributed by atoms with E-state index in [-0.39, 0.29) is 5.91 Å². The van der Waals surface area contributed by atoms with E-state index < -0.39 is 12.6 Å². The third-order valence-electron chi connectivity index (χ3n) is 4.08. The molecular formula is C17H19N3O4. The Balaban J connectivity index is 1.74. The van der Waals surface area contributed by atoms with Crippen LogP contribution < -0.4 is 9.64 Å². The van der Waals surface area contributed by atoms with Gasteiger partial charge in [-0.2, -0.15) is 0 Å². The molecule has 0 unspecified atom stereocenters. The number of aliphatic carboxylic acids is 1. The van der Waals surface area contributed by atoms with Gasteiger partial charge in [0.25, 0.3) is 5.91 Å². The van der Waals surface area contributed by atoms with E-state index in [1.807, 2.05) is 4.57 Å². The predicted molar refractivity (Wildman–Crippen MR) is 87.5 cm³/mol. The summed E-state index contributed by atoms with van der Waals surface area (Å²) in [5.41, 5.74) is 1.30. The second kappa shape index (κ2) is 6.74. The molecule has 0 bridgehead atoms. The number of imidazole rings is 1. The number of amides is 1. The first-order valence-corrected chi connectivity index (χ1v) is 7.83. The Morgan fingerprint density at radius 2 is 2.04 bits per heavy atom. The number of aromatic nitrogens is 2. The van der Waals surface area contributed by atoms with Gasteiger partial charge < -0.3 is 19.3 Å². The molecule has 1 N–H and O–H groups in total. The number of carboxylic acid groups (broad SMARTS) is 1. The van der Waals surface area contributed by atoms with Gasteiger partial charge in [0.05, 0.1) is 6.20 Å². The number of carbonyl (C=O) groups is 2. The van der Waals surface area contributed by atoms with E-state index in [0.29, 0.717) is 17.1 Å². The molecule has 1 aromatic heterocycles. The van der Waals surface area contributed by atoms with Crippen LogP contribution in [0.1, 0.15) is 29.2 Å². The van der Waals surface area contributed by atoms with E-state index in [0.717, 1.165) is 31.6 Å². The van der Waals surface area contributed by atoms with Crippen LogP contribution in [0.2, 0.25) is 0 Å². The maximum absolute atomic E-state index is 12.7. The van der Waals surface area contributed by atoms with E-state index >= 15 is 0 Å². The van der Waals surface area contributed by atoms with Crippen molar-refractivity contribution < 1.29 is 19.4 Å². The molecule has 0 saturated heterocycles. The number of carbonyl (C=O) groups excluding carboxylic acids is 1. The molecule has 0 atom stereocenters. The highest BCUT2D eigenvalue weighted by Gasteiger charge is 2.22. The van der Waals surface area contributed by atoms with Gasteiger partial charge in [0.1, 0.15) is 17.3 Å². The largest absolute Gasteiger partial charge is 0.482 e. The lowest BCUT2D eigenvalue weighted by Crippen LogP contribution is -2.29. The molecule has 2 aromatic rings. The lowest BCUT2D eigenvalue weighted by Gasteiger charge is -2.20. The number of anilines is 1. The maximum atomic E-state index is 12.7. The zero-order valence-electron chi connectivity index (χ0n) is 13.4. The van der Waals surface area contributed by atoms with Crippen LogP contribution in [0.25, 0.3) is 0 Å². The average molecular weight is 329 g/mol. The van der Waals surface area contributed by atoms with Crippen molar-refractivity contribution in [1.82, 2.24) is 9.55 Å². The molecule has 7 heteroatoms. The minimum Gasteiger partial charge on any atom is -0.482 e. The SMILES string of the molecule is CN(C(=O)c1cnc2n1CCCC2)c1ccc(OCC(=O)O)cc1. The Hall–Kier alpha value is -2.83. The number of nitrogens with zero attached hydrogens (tertiary/aromatic N) is 3. The van der Waals surface area contributed by atoms with Crippen molar-refractivity contribution in [3.63, 3.8) is 0 Å². The number of hydrogen-bond donors (Lipinski definition) is 1. The molecule has 0 radical (unpaired) electrons. The Morgan fingerprint density at radius 3 is 2.75 bits per heavy atom. The number of benzene rings is 1. The van der Waals surface area contributed by atoms with Gasteiger partial charge in [-0.1, -0.05) is 0 Å². The molecule has 0 saturated carbocycles. The van der Waals surface area contributed by atoms with E-state index in [2.05, 4.69) is 4.98 Å². The molecule has 24 heavy (non-hydrogen) atoms. The standard InChI is InChI=1S/C17H19N3O4/c1-19(12-5-7-13(8-6-12)24-11-16(21)22)17(23)14-10-18-15-4-2-3-9-20(14)15/h5-8,10H,2-4,9,11H2,1H3,(H,21,22). The summed E-state index contributed by atoms with van der Waals surface area (Å²) >= 11 is 0. The number of hydrogen-bond acceptors (Lipinski definition) is 4. The third kappa shape index (κ3) is 3.24. The predicted octanol–water partition coefficient (Wildman–Crippen LogP) is 1.96. The van der Waals surface area contributed by atoms with Gasteiger partial charge in [-0.25, -0.2) is 9.78 Å². The summed E-state index contributed by atoms with van der Waals surface area (Å²) in [6.07, 6.45) is 4.72. The van der Waals surface area contributed by atoms with Crippen LogP contribution >= 0.6 is 0 Å². The minimum atomic E-state index is -1.03.